The fourth-order valence-corrected chi connectivity index (χ4v) is 3.04. The van der Waals surface area contributed by atoms with Crippen LogP contribution in [0.1, 0.15) is 17.2 Å². The van der Waals surface area contributed by atoms with E-state index in [1.54, 1.807) is 6.07 Å². The lowest BCUT2D eigenvalue weighted by atomic mass is 10.1. The first kappa shape index (κ1) is 15.8. The quantitative estimate of drug-likeness (QED) is 0.911. The normalized spacial score (nSPS) is 17.2. The van der Waals surface area contributed by atoms with E-state index in [-0.39, 0.29) is 0 Å². The summed E-state index contributed by atoms with van der Waals surface area (Å²) in [7, 11) is 0. The van der Waals surface area contributed by atoms with Crippen LogP contribution in [0.15, 0.2) is 48.5 Å². The first-order valence-electron chi connectivity index (χ1n) is 8.13. The standard InChI is InChI=1S/C19H24N2O2/c1-15-6-8-16(9-7-15)19(23)14-20-10-12-21(13-11-20)17-4-2-3-5-18(17)22/h2-9,19,22-23H,10-14H2,1H3. The molecule has 0 spiro atoms. The zero-order chi connectivity index (χ0) is 16.2. The van der Waals surface area contributed by atoms with Crippen LogP contribution in [0.2, 0.25) is 0 Å². The van der Waals surface area contributed by atoms with Crippen LogP contribution in [-0.4, -0.2) is 47.8 Å². The number of aromatic hydroxyl groups is 1. The molecule has 0 radical (unpaired) electrons. The molecule has 122 valence electrons. The minimum absolute atomic E-state index is 0.334. The number of anilines is 1. The fraction of sp³-hybridized carbons (Fsp3) is 0.368. The number of piperazine rings is 1. The maximum Gasteiger partial charge on any atom is 0.138 e. The average molecular weight is 312 g/mol. The molecule has 1 fully saturated rings. The van der Waals surface area contributed by atoms with Gasteiger partial charge in [0.2, 0.25) is 0 Å². The number of β-amino-alcohol motifs (C(OH)–C–C–N with tert-alkyl or cyclic N) is 1. The minimum atomic E-state index is -0.452. The van der Waals surface area contributed by atoms with Crippen molar-refractivity contribution in [2.45, 2.75) is 13.0 Å². The lowest BCUT2D eigenvalue weighted by Gasteiger charge is -2.37. The van der Waals surface area contributed by atoms with Crippen molar-refractivity contribution in [1.29, 1.82) is 0 Å². The number of hydrogen-bond donors (Lipinski definition) is 2. The highest BCUT2D eigenvalue weighted by molar-refractivity contribution is 5.57. The third-order valence-corrected chi connectivity index (χ3v) is 4.49. The van der Waals surface area contributed by atoms with E-state index in [1.807, 2.05) is 49.4 Å². The van der Waals surface area contributed by atoms with Gasteiger partial charge in [-0.05, 0) is 24.6 Å². The second-order valence-electron chi connectivity index (χ2n) is 6.20. The number of aryl methyl sites for hydroxylation is 1. The molecule has 2 aromatic carbocycles. The molecule has 4 nitrogen and oxygen atoms in total. The first-order chi connectivity index (χ1) is 11.1. The van der Waals surface area contributed by atoms with Gasteiger partial charge in [0.15, 0.2) is 0 Å². The van der Waals surface area contributed by atoms with E-state index < -0.39 is 6.10 Å². The molecule has 0 bridgehead atoms. The van der Waals surface area contributed by atoms with Crippen molar-refractivity contribution < 1.29 is 10.2 Å². The van der Waals surface area contributed by atoms with Crippen molar-refractivity contribution >= 4 is 5.69 Å². The number of benzene rings is 2. The second-order valence-corrected chi connectivity index (χ2v) is 6.20. The summed E-state index contributed by atoms with van der Waals surface area (Å²) >= 11 is 0. The largest absolute Gasteiger partial charge is 0.506 e. The molecule has 0 saturated carbocycles. The fourth-order valence-electron chi connectivity index (χ4n) is 3.04. The number of para-hydroxylation sites is 2. The summed E-state index contributed by atoms with van der Waals surface area (Å²) in [6, 6.07) is 15.5. The highest BCUT2D eigenvalue weighted by Gasteiger charge is 2.21. The van der Waals surface area contributed by atoms with Gasteiger partial charge in [0.1, 0.15) is 5.75 Å². The van der Waals surface area contributed by atoms with Gasteiger partial charge in [-0.25, -0.2) is 0 Å². The third kappa shape index (κ3) is 3.84. The summed E-state index contributed by atoms with van der Waals surface area (Å²) in [5.74, 6) is 0.334. The Morgan fingerprint density at radius 1 is 0.957 bits per heavy atom. The smallest absolute Gasteiger partial charge is 0.138 e. The van der Waals surface area contributed by atoms with Crippen LogP contribution >= 0.6 is 0 Å². The van der Waals surface area contributed by atoms with E-state index in [2.05, 4.69) is 9.80 Å². The number of hydrogen-bond acceptors (Lipinski definition) is 4. The Hall–Kier alpha value is -2.04. The molecule has 1 aliphatic rings. The van der Waals surface area contributed by atoms with Gasteiger partial charge >= 0.3 is 0 Å². The Kier molecular flexibility index (Phi) is 4.84. The molecule has 1 saturated heterocycles. The molecule has 4 heteroatoms. The maximum absolute atomic E-state index is 10.4. The molecule has 0 amide bonds. The minimum Gasteiger partial charge on any atom is -0.506 e. The van der Waals surface area contributed by atoms with Gasteiger partial charge in [0.05, 0.1) is 11.8 Å². The first-order valence-corrected chi connectivity index (χ1v) is 8.13. The van der Waals surface area contributed by atoms with E-state index in [1.165, 1.54) is 5.56 Å². The number of rotatable bonds is 4. The van der Waals surface area contributed by atoms with Crippen LogP contribution in [0.5, 0.6) is 5.75 Å². The van der Waals surface area contributed by atoms with Crippen molar-refractivity contribution in [3.63, 3.8) is 0 Å². The number of phenols is 1. The summed E-state index contributed by atoms with van der Waals surface area (Å²) in [6.45, 7) is 6.19. The Morgan fingerprint density at radius 2 is 1.61 bits per heavy atom. The van der Waals surface area contributed by atoms with Crippen LogP contribution in [0.3, 0.4) is 0 Å². The Morgan fingerprint density at radius 3 is 2.26 bits per heavy atom. The lowest BCUT2D eigenvalue weighted by Crippen LogP contribution is -2.47. The third-order valence-electron chi connectivity index (χ3n) is 4.49. The second kappa shape index (κ2) is 7.02. The van der Waals surface area contributed by atoms with Crippen molar-refractivity contribution in [3.8, 4) is 5.75 Å². The van der Waals surface area contributed by atoms with Crippen molar-refractivity contribution in [1.82, 2.24) is 4.90 Å². The SMILES string of the molecule is Cc1ccc(C(O)CN2CCN(c3ccccc3O)CC2)cc1. The summed E-state index contributed by atoms with van der Waals surface area (Å²) in [5, 5.41) is 20.3. The molecule has 2 N–H and O–H groups in total. The predicted molar refractivity (Wildman–Crippen MR) is 92.9 cm³/mol. The van der Waals surface area contributed by atoms with Gasteiger partial charge in [0.25, 0.3) is 0 Å². The monoisotopic (exact) mass is 312 g/mol. The molecule has 2 aromatic rings. The Bertz CT molecular complexity index is 634. The van der Waals surface area contributed by atoms with Crippen LogP contribution in [0.25, 0.3) is 0 Å². The van der Waals surface area contributed by atoms with Crippen molar-refractivity contribution in [2.75, 3.05) is 37.6 Å². The number of aliphatic hydroxyl groups excluding tert-OH is 1. The molecule has 1 heterocycles. The number of aliphatic hydroxyl groups is 1. The van der Waals surface area contributed by atoms with E-state index in [0.717, 1.165) is 37.4 Å². The molecular formula is C19H24N2O2. The molecule has 0 aliphatic carbocycles. The van der Waals surface area contributed by atoms with Gasteiger partial charge in [-0.1, -0.05) is 42.0 Å². The molecule has 0 aromatic heterocycles. The average Bonchev–Trinajstić information content (AvgIpc) is 2.57. The zero-order valence-electron chi connectivity index (χ0n) is 13.5. The molecular weight excluding hydrogens is 288 g/mol. The van der Waals surface area contributed by atoms with E-state index in [4.69, 9.17) is 0 Å². The number of phenolic OH excluding ortho intramolecular Hbond substituents is 1. The highest BCUT2D eigenvalue weighted by atomic mass is 16.3. The summed E-state index contributed by atoms with van der Waals surface area (Å²) in [6.07, 6.45) is -0.452. The van der Waals surface area contributed by atoms with E-state index in [9.17, 15) is 10.2 Å². The van der Waals surface area contributed by atoms with Gasteiger partial charge in [-0.15, -0.1) is 0 Å². The molecule has 23 heavy (non-hydrogen) atoms. The summed E-state index contributed by atoms with van der Waals surface area (Å²) < 4.78 is 0. The van der Waals surface area contributed by atoms with E-state index in [0.29, 0.717) is 12.3 Å². The topological polar surface area (TPSA) is 46.9 Å². The predicted octanol–water partition coefficient (Wildman–Crippen LogP) is 2.56. The molecule has 1 unspecified atom stereocenters. The van der Waals surface area contributed by atoms with Crippen molar-refractivity contribution in [3.05, 3.63) is 59.7 Å². The van der Waals surface area contributed by atoms with Crippen molar-refractivity contribution in [2.24, 2.45) is 0 Å². The van der Waals surface area contributed by atoms with Gasteiger partial charge in [-0.3, -0.25) is 4.90 Å². The van der Waals surface area contributed by atoms with Crippen LogP contribution < -0.4 is 4.90 Å². The highest BCUT2D eigenvalue weighted by Crippen LogP contribution is 2.27. The number of nitrogens with zero attached hydrogens (tertiary/aromatic N) is 2. The molecule has 1 atom stereocenters. The maximum atomic E-state index is 10.4. The Labute approximate surface area is 137 Å². The summed E-state index contributed by atoms with van der Waals surface area (Å²) in [4.78, 5) is 4.48. The van der Waals surface area contributed by atoms with Gasteiger partial charge in [-0.2, -0.15) is 0 Å². The van der Waals surface area contributed by atoms with Gasteiger partial charge < -0.3 is 15.1 Å². The van der Waals surface area contributed by atoms with E-state index >= 15 is 0 Å². The Balaban J connectivity index is 1.55. The van der Waals surface area contributed by atoms with Crippen LogP contribution in [0, 0.1) is 6.92 Å². The lowest BCUT2D eigenvalue weighted by molar-refractivity contribution is 0.109. The van der Waals surface area contributed by atoms with Crippen LogP contribution in [0.4, 0.5) is 5.69 Å². The molecule has 3 rings (SSSR count). The zero-order valence-corrected chi connectivity index (χ0v) is 13.5. The van der Waals surface area contributed by atoms with Crippen LogP contribution in [-0.2, 0) is 0 Å². The van der Waals surface area contributed by atoms with Gasteiger partial charge in [0, 0.05) is 32.7 Å². The molecule has 1 aliphatic heterocycles. The summed E-state index contributed by atoms with van der Waals surface area (Å²) in [5.41, 5.74) is 3.07.